The predicted molar refractivity (Wildman–Crippen MR) is 104 cm³/mol. The second-order valence-corrected chi connectivity index (χ2v) is 6.92. The van der Waals surface area contributed by atoms with Gasteiger partial charge in [-0.3, -0.25) is 9.59 Å². The molecule has 1 aromatic heterocycles. The summed E-state index contributed by atoms with van der Waals surface area (Å²) >= 11 is 0. The van der Waals surface area contributed by atoms with E-state index in [4.69, 9.17) is 10.5 Å². The summed E-state index contributed by atoms with van der Waals surface area (Å²) in [5, 5.41) is 2.77. The zero-order chi connectivity index (χ0) is 19.6. The maximum atomic E-state index is 12.5. The lowest BCUT2D eigenvalue weighted by Gasteiger charge is -2.36. The van der Waals surface area contributed by atoms with Crippen LogP contribution in [0.5, 0.6) is 0 Å². The van der Waals surface area contributed by atoms with E-state index in [0.717, 1.165) is 24.5 Å². The van der Waals surface area contributed by atoms with Crippen molar-refractivity contribution in [1.29, 1.82) is 0 Å². The number of amides is 2. The Hall–Kier alpha value is -2.93. The van der Waals surface area contributed by atoms with E-state index < -0.39 is 5.91 Å². The number of nitrogens with one attached hydrogen (secondary N) is 1. The number of nitrogens with zero attached hydrogens (tertiary/aromatic N) is 2. The Kier molecular flexibility index (Phi) is 5.41. The molecule has 142 valence electrons. The highest BCUT2D eigenvalue weighted by Crippen LogP contribution is 2.19. The summed E-state index contributed by atoms with van der Waals surface area (Å²) in [5.41, 5.74) is 7.46. The molecule has 0 radical (unpaired) electrons. The van der Waals surface area contributed by atoms with E-state index in [0.29, 0.717) is 16.8 Å². The van der Waals surface area contributed by atoms with Crippen molar-refractivity contribution >= 4 is 23.3 Å². The van der Waals surface area contributed by atoms with Gasteiger partial charge in [0.25, 0.3) is 5.91 Å². The van der Waals surface area contributed by atoms with Crippen LogP contribution in [0.1, 0.15) is 40.1 Å². The summed E-state index contributed by atoms with van der Waals surface area (Å²) in [6, 6.07) is 8.64. The number of primary amides is 1. The molecule has 3 rings (SSSR count). The third-order valence-electron chi connectivity index (χ3n) is 4.51. The number of anilines is 2. The van der Waals surface area contributed by atoms with Crippen LogP contribution in [-0.2, 0) is 4.74 Å². The first-order valence-corrected chi connectivity index (χ1v) is 8.91. The van der Waals surface area contributed by atoms with Crippen molar-refractivity contribution in [1.82, 2.24) is 4.98 Å². The van der Waals surface area contributed by atoms with Crippen LogP contribution >= 0.6 is 0 Å². The molecular weight excluding hydrogens is 344 g/mol. The molecule has 0 bridgehead atoms. The van der Waals surface area contributed by atoms with Crippen LogP contribution < -0.4 is 16.0 Å². The van der Waals surface area contributed by atoms with Gasteiger partial charge in [0.15, 0.2) is 0 Å². The van der Waals surface area contributed by atoms with E-state index in [2.05, 4.69) is 15.2 Å². The van der Waals surface area contributed by atoms with Crippen molar-refractivity contribution < 1.29 is 14.3 Å². The highest BCUT2D eigenvalue weighted by atomic mass is 16.5. The van der Waals surface area contributed by atoms with E-state index in [1.807, 2.05) is 19.9 Å². The number of ether oxygens (including phenoxy) is 1. The molecule has 7 heteroatoms. The van der Waals surface area contributed by atoms with Gasteiger partial charge in [-0.1, -0.05) is 6.07 Å². The summed E-state index contributed by atoms with van der Waals surface area (Å²) in [6.07, 6.45) is 1.83. The lowest BCUT2D eigenvalue weighted by molar-refractivity contribution is -0.00546. The van der Waals surface area contributed by atoms with Crippen LogP contribution in [0.2, 0.25) is 0 Å². The third-order valence-corrected chi connectivity index (χ3v) is 4.51. The van der Waals surface area contributed by atoms with E-state index >= 15 is 0 Å². The molecule has 1 fully saturated rings. The Morgan fingerprint density at radius 3 is 2.48 bits per heavy atom. The molecule has 1 aromatic carbocycles. The monoisotopic (exact) mass is 368 g/mol. The van der Waals surface area contributed by atoms with Gasteiger partial charge in [0.05, 0.1) is 17.8 Å². The first-order chi connectivity index (χ1) is 12.8. The molecule has 2 unspecified atom stereocenters. The molecule has 0 aliphatic carbocycles. The van der Waals surface area contributed by atoms with Crippen molar-refractivity contribution in [3.8, 4) is 0 Å². The number of hydrogen-bond donors (Lipinski definition) is 2. The molecule has 1 aliphatic rings. The highest BCUT2D eigenvalue weighted by Gasteiger charge is 2.23. The summed E-state index contributed by atoms with van der Waals surface area (Å²) in [4.78, 5) is 30.5. The van der Waals surface area contributed by atoms with Gasteiger partial charge in [0.1, 0.15) is 5.82 Å². The molecule has 2 heterocycles. The first-order valence-electron chi connectivity index (χ1n) is 8.91. The van der Waals surface area contributed by atoms with Gasteiger partial charge in [0.2, 0.25) is 5.91 Å². The minimum Gasteiger partial charge on any atom is -0.372 e. The number of pyridine rings is 1. The Morgan fingerprint density at radius 2 is 1.89 bits per heavy atom. The Balaban J connectivity index is 1.71. The normalized spacial score (nSPS) is 19.6. The lowest BCUT2D eigenvalue weighted by Crippen LogP contribution is -2.45. The topological polar surface area (TPSA) is 97.6 Å². The van der Waals surface area contributed by atoms with Gasteiger partial charge < -0.3 is 20.7 Å². The zero-order valence-corrected chi connectivity index (χ0v) is 15.7. The number of morpholine rings is 1. The van der Waals surface area contributed by atoms with E-state index in [-0.39, 0.29) is 18.1 Å². The second kappa shape index (κ2) is 7.75. The van der Waals surface area contributed by atoms with Gasteiger partial charge in [-0.05, 0) is 50.6 Å². The van der Waals surface area contributed by atoms with Gasteiger partial charge in [-0.2, -0.15) is 0 Å². The van der Waals surface area contributed by atoms with Crippen LogP contribution in [0.25, 0.3) is 0 Å². The number of nitrogens with two attached hydrogens (primary N) is 1. The summed E-state index contributed by atoms with van der Waals surface area (Å²) in [6.45, 7) is 7.39. The second-order valence-electron chi connectivity index (χ2n) is 6.92. The fourth-order valence-corrected chi connectivity index (χ4v) is 3.24. The summed E-state index contributed by atoms with van der Waals surface area (Å²) in [7, 11) is 0. The highest BCUT2D eigenvalue weighted by molar-refractivity contribution is 6.05. The average molecular weight is 368 g/mol. The number of carbonyl (C=O) groups is 2. The van der Waals surface area contributed by atoms with Crippen molar-refractivity contribution in [3.63, 3.8) is 0 Å². The molecule has 3 N–H and O–H groups in total. The Morgan fingerprint density at radius 1 is 1.19 bits per heavy atom. The number of aromatic nitrogens is 1. The number of benzene rings is 1. The molecule has 1 saturated heterocycles. The van der Waals surface area contributed by atoms with E-state index in [9.17, 15) is 9.59 Å². The maximum absolute atomic E-state index is 12.5. The molecule has 2 aromatic rings. The molecule has 1 aliphatic heterocycles. The lowest BCUT2D eigenvalue weighted by atomic mass is 10.1. The van der Waals surface area contributed by atoms with Crippen LogP contribution in [0, 0.1) is 6.92 Å². The van der Waals surface area contributed by atoms with E-state index in [1.165, 1.54) is 0 Å². The SMILES string of the molecule is Cc1ccc(NC(=O)c2ccc(N3CC(C)OC(C)C3)nc2)cc1C(N)=O. The minimum absolute atomic E-state index is 0.138. The molecule has 7 nitrogen and oxygen atoms in total. The van der Waals surface area contributed by atoms with Crippen LogP contribution in [0.3, 0.4) is 0 Å². The standard InChI is InChI=1S/C20H24N4O3/c1-12-4-6-16(8-17(12)19(21)25)23-20(26)15-5-7-18(22-9-15)24-10-13(2)27-14(3)11-24/h4-9,13-14H,10-11H2,1-3H3,(H2,21,25)(H,23,26). The molecule has 2 atom stereocenters. The van der Waals surface area contributed by atoms with E-state index in [1.54, 1.807) is 37.4 Å². The smallest absolute Gasteiger partial charge is 0.257 e. The molecule has 0 saturated carbocycles. The molecule has 27 heavy (non-hydrogen) atoms. The average Bonchev–Trinajstić information content (AvgIpc) is 2.62. The predicted octanol–water partition coefficient (Wildman–Crippen LogP) is 2.35. The van der Waals surface area contributed by atoms with Gasteiger partial charge in [-0.15, -0.1) is 0 Å². The number of carbonyl (C=O) groups excluding carboxylic acids is 2. The van der Waals surface area contributed by atoms with Crippen molar-refractivity contribution in [2.24, 2.45) is 5.73 Å². The van der Waals surface area contributed by atoms with Gasteiger partial charge in [0, 0.05) is 30.5 Å². The number of rotatable bonds is 4. The summed E-state index contributed by atoms with van der Waals surface area (Å²) < 4.78 is 5.73. The quantitative estimate of drug-likeness (QED) is 0.863. The fourth-order valence-electron chi connectivity index (χ4n) is 3.24. The number of hydrogen-bond acceptors (Lipinski definition) is 5. The maximum Gasteiger partial charge on any atom is 0.257 e. The van der Waals surface area contributed by atoms with Gasteiger partial charge >= 0.3 is 0 Å². The van der Waals surface area contributed by atoms with Crippen LogP contribution in [-0.4, -0.2) is 42.1 Å². The Labute approximate surface area is 158 Å². The first kappa shape index (κ1) is 18.8. The zero-order valence-electron chi connectivity index (χ0n) is 15.7. The molecule has 0 spiro atoms. The third kappa shape index (κ3) is 4.43. The van der Waals surface area contributed by atoms with Crippen LogP contribution in [0.15, 0.2) is 36.5 Å². The Bertz CT molecular complexity index is 841. The fraction of sp³-hybridized carbons (Fsp3) is 0.350. The summed E-state index contributed by atoms with van der Waals surface area (Å²) in [5.74, 6) is 0.000485. The minimum atomic E-state index is -0.524. The van der Waals surface area contributed by atoms with Crippen LogP contribution in [0.4, 0.5) is 11.5 Å². The van der Waals surface area contributed by atoms with Crippen molar-refractivity contribution in [3.05, 3.63) is 53.2 Å². The largest absolute Gasteiger partial charge is 0.372 e. The van der Waals surface area contributed by atoms with Crippen molar-refractivity contribution in [2.75, 3.05) is 23.3 Å². The number of aryl methyl sites for hydroxylation is 1. The van der Waals surface area contributed by atoms with Crippen molar-refractivity contribution in [2.45, 2.75) is 33.0 Å². The van der Waals surface area contributed by atoms with Gasteiger partial charge in [-0.25, -0.2) is 4.98 Å². The molecular formula is C20H24N4O3. The molecule has 2 amide bonds.